The van der Waals surface area contributed by atoms with Crippen LogP contribution in [0, 0.1) is 0 Å². The minimum Gasteiger partial charge on any atom is -0.442 e. The molecule has 0 fully saturated rings. The summed E-state index contributed by atoms with van der Waals surface area (Å²) in [6.45, 7) is 40.9. The van der Waals surface area contributed by atoms with Gasteiger partial charge < -0.3 is 19.9 Å². The summed E-state index contributed by atoms with van der Waals surface area (Å²) in [5.41, 5.74) is 5.37. The molecule has 0 aliphatic rings. The van der Waals surface area contributed by atoms with Crippen molar-refractivity contribution in [1.29, 1.82) is 0 Å². The van der Waals surface area contributed by atoms with E-state index in [2.05, 4.69) is 125 Å². The fourth-order valence-corrected chi connectivity index (χ4v) is 5.32. The average Bonchev–Trinajstić information content (AvgIpc) is 3.57. The summed E-state index contributed by atoms with van der Waals surface area (Å²) < 4.78 is 0. The van der Waals surface area contributed by atoms with E-state index in [4.69, 9.17) is 19.9 Å². The molecule has 0 aliphatic heterocycles. The standard InChI is InChI=1S/2C19H35N2.Sr/c2*1-10-13-19(8,9)16-20-14(17(4,5)11-2)15(21-16)18(6,7)12-3;/h2*10-13H2,1-9H3;/q2*-1;+2. The van der Waals surface area contributed by atoms with E-state index in [1.54, 1.807) is 0 Å². The van der Waals surface area contributed by atoms with Crippen LogP contribution in [-0.2, 0) is 32.5 Å². The van der Waals surface area contributed by atoms with E-state index < -0.39 is 0 Å². The topological polar surface area (TPSA) is 54.0 Å². The van der Waals surface area contributed by atoms with Crippen molar-refractivity contribution in [2.24, 2.45) is 0 Å². The first-order chi connectivity index (χ1) is 19.0. The van der Waals surface area contributed by atoms with E-state index in [1.165, 1.54) is 35.6 Å². The molecule has 0 aliphatic carbocycles. The average molecular weight is 671 g/mol. The summed E-state index contributed by atoms with van der Waals surface area (Å²) in [4.78, 5) is 20.2. The summed E-state index contributed by atoms with van der Waals surface area (Å²) in [6.07, 6.45) is 8.96. The molecule has 43 heavy (non-hydrogen) atoms. The monoisotopic (exact) mass is 670 g/mol. The van der Waals surface area contributed by atoms with Crippen molar-refractivity contribution in [3.05, 3.63) is 34.4 Å². The number of hydrogen-bond donors (Lipinski definition) is 0. The Morgan fingerprint density at radius 1 is 0.419 bits per heavy atom. The third-order valence-corrected chi connectivity index (χ3v) is 10.4. The second kappa shape index (κ2) is 16.1. The Hall–Kier alpha value is -0.0995. The van der Waals surface area contributed by atoms with Gasteiger partial charge in [-0.1, -0.05) is 172 Å². The van der Waals surface area contributed by atoms with Crippen LogP contribution in [0.15, 0.2) is 0 Å². The van der Waals surface area contributed by atoms with Crippen molar-refractivity contribution in [3.63, 3.8) is 0 Å². The van der Waals surface area contributed by atoms with Gasteiger partial charge in [0.05, 0.1) is 0 Å². The molecule has 0 N–H and O–H groups in total. The van der Waals surface area contributed by atoms with Gasteiger partial charge in [-0.25, -0.2) is 0 Å². The van der Waals surface area contributed by atoms with Crippen molar-refractivity contribution in [1.82, 2.24) is 19.9 Å². The SMILES string of the molecule is CCCC(C)(C)c1nc(C(C)(C)CC)c(C(C)(C)CC)[n-]1.CCCC(C)(C)c1nc(C(C)(C)CC)c(C(C)(C)CC)[n-]1.[Sr+2]. The summed E-state index contributed by atoms with van der Waals surface area (Å²) in [6, 6.07) is 0. The van der Waals surface area contributed by atoms with Crippen molar-refractivity contribution < 1.29 is 0 Å². The second-order valence-corrected chi connectivity index (χ2v) is 16.7. The minimum atomic E-state index is 0. The molecular formula is C38H70N4Sr. The molecule has 0 atom stereocenters. The second-order valence-electron chi connectivity index (χ2n) is 16.7. The molecule has 4 nitrogen and oxygen atoms in total. The van der Waals surface area contributed by atoms with E-state index in [1.807, 2.05) is 0 Å². The normalized spacial score (nSPS) is 13.4. The van der Waals surface area contributed by atoms with Gasteiger partial charge in [-0.2, -0.15) is 0 Å². The van der Waals surface area contributed by atoms with Crippen LogP contribution in [0.25, 0.3) is 0 Å². The summed E-state index contributed by atoms with van der Waals surface area (Å²) in [5, 5.41) is 0. The third kappa shape index (κ3) is 10.4. The van der Waals surface area contributed by atoms with Crippen molar-refractivity contribution in [3.8, 4) is 0 Å². The van der Waals surface area contributed by atoms with Gasteiger partial charge >= 0.3 is 45.5 Å². The minimum absolute atomic E-state index is 0. The molecule has 0 radical (unpaired) electrons. The molecule has 0 spiro atoms. The van der Waals surface area contributed by atoms with Gasteiger partial charge in [0.25, 0.3) is 0 Å². The maximum Gasteiger partial charge on any atom is 2.00 e. The Morgan fingerprint density at radius 3 is 0.884 bits per heavy atom. The zero-order valence-electron chi connectivity index (χ0n) is 32.2. The van der Waals surface area contributed by atoms with Crippen LogP contribution in [0.1, 0.15) is 210 Å². The Labute approximate surface area is 305 Å². The molecule has 2 aromatic heterocycles. The number of nitrogens with zero attached hydrogens (tertiary/aromatic N) is 4. The molecule has 0 saturated carbocycles. The number of imidazole rings is 2. The quantitative estimate of drug-likeness (QED) is 0.188. The number of hydrogen-bond acceptors (Lipinski definition) is 2. The van der Waals surface area contributed by atoms with E-state index in [9.17, 15) is 0 Å². The first kappa shape index (κ1) is 42.9. The molecule has 5 heteroatoms. The molecular weight excluding hydrogens is 600 g/mol. The van der Waals surface area contributed by atoms with Crippen LogP contribution >= 0.6 is 0 Å². The first-order valence-electron chi connectivity index (χ1n) is 17.2. The summed E-state index contributed by atoms with van der Waals surface area (Å²) in [5.74, 6) is 2.08. The summed E-state index contributed by atoms with van der Waals surface area (Å²) >= 11 is 0. The maximum atomic E-state index is 5.05. The van der Waals surface area contributed by atoms with Gasteiger partial charge in [0, 0.05) is 0 Å². The van der Waals surface area contributed by atoms with Gasteiger partial charge in [-0.05, 0) is 71.0 Å². The molecule has 0 amide bonds. The van der Waals surface area contributed by atoms with Crippen LogP contribution in [0.4, 0.5) is 0 Å². The van der Waals surface area contributed by atoms with Crippen molar-refractivity contribution in [2.75, 3.05) is 0 Å². The van der Waals surface area contributed by atoms with Gasteiger partial charge in [0.2, 0.25) is 0 Å². The van der Waals surface area contributed by atoms with E-state index in [0.29, 0.717) is 0 Å². The van der Waals surface area contributed by atoms with Crippen molar-refractivity contribution in [2.45, 2.75) is 208 Å². The zero-order valence-corrected chi connectivity index (χ0v) is 35.6. The van der Waals surface area contributed by atoms with Gasteiger partial charge in [-0.3, -0.25) is 0 Å². The molecule has 0 aromatic carbocycles. The van der Waals surface area contributed by atoms with Crippen LogP contribution in [-0.4, -0.2) is 55.4 Å². The van der Waals surface area contributed by atoms with E-state index in [-0.39, 0.29) is 78.0 Å². The smallest absolute Gasteiger partial charge is 0.442 e. The zero-order chi connectivity index (χ0) is 32.9. The fourth-order valence-electron chi connectivity index (χ4n) is 5.32. The molecule has 2 heterocycles. The fraction of sp³-hybridized carbons (Fsp3) is 0.842. The molecule has 0 bridgehead atoms. The first-order valence-corrected chi connectivity index (χ1v) is 17.2. The molecule has 244 valence electrons. The van der Waals surface area contributed by atoms with Crippen LogP contribution in [0.5, 0.6) is 0 Å². The Bertz CT molecular complexity index is 956. The summed E-state index contributed by atoms with van der Waals surface area (Å²) in [7, 11) is 0. The largest absolute Gasteiger partial charge is 2.00 e. The van der Waals surface area contributed by atoms with Gasteiger partial charge in [0.1, 0.15) is 0 Å². The van der Waals surface area contributed by atoms with Gasteiger partial charge in [0.15, 0.2) is 0 Å². The van der Waals surface area contributed by atoms with Crippen LogP contribution in [0.3, 0.4) is 0 Å². The Morgan fingerprint density at radius 2 is 0.674 bits per heavy atom. The predicted octanol–water partition coefficient (Wildman–Crippen LogP) is 10.6. The molecule has 2 aromatic rings. The maximum absolute atomic E-state index is 5.05. The van der Waals surface area contributed by atoms with E-state index >= 15 is 0 Å². The molecule has 2 rings (SSSR count). The number of aromatic nitrogens is 4. The number of rotatable bonds is 14. The predicted molar refractivity (Wildman–Crippen MR) is 190 cm³/mol. The van der Waals surface area contributed by atoms with Crippen LogP contribution in [0.2, 0.25) is 0 Å². The third-order valence-electron chi connectivity index (χ3n) is 10.4. The van der Waals surface area contributed by atoms with Crippen LogP contribution < -0.4 is 9.97 Å². The molecule has 0 saturated heterocycles. The van der Waals surface area contributed by atoms with Gasteiger partial charge in [-0.15, -0.1) is 0 Å². The molecule has 0 unspecified atom stereocenters. The van der Waals surface area contributed by atoms with Crippen molar-refractivity contribution >= 4 is 45.5 Å². The Kier molecular flexibility index (Phi) is 16.1. The van der Waals surface area contributed by atoms with E-state index in [0.717, 1.165) is 50.2 Å². The Balaban J connectivity index is 0.000000802.